The van der Waals surface area contributed by atoms with Gasteiger partial charge in [0, 0.05) is 29.2 Å². The third kappa shape index (κ3) is 5.55. The average Bonchev–Trinajstić information content (AvgIpc) is 3.39. The molecule has 7 nitrogen and oxygen atoms in total. The SMILES string of the molecule is O=C(Cc1cccs1)Nc1ccc(C(=O)NCCNC(=O)c2ccco2)cc1. The molecule has 2 aromatic heterocycles. The number of thiophene rings is 1. The quantitative estimate of drug-likeness (QED) is 0.509. The third-order valence-corrected chi connectivity index (χ3v) is 4.66. The van der Waals surface area contributed by atoms with E-state index in [9.17, 15) is 14.4 Å². The Kier molecular flexibility index (Phi) is 6.59. The van der Waals surface area contributed by atoms with Crippen LogP contribution in [0.15, 0.2) is 64.6 Å². The highest BCUT2D eigenvalue weighted by Crippen LogP contribution is 2.13. The van der Waals surface area contributed by atoms with Crippen molar-refractivity contribution in [2.24, 2.45) is 0 Å². The molecule has 0 fully saturated rings. The van der Waals surface area contributed by atoms with Crippen LogP contribution in [-0.2, 0) is 11.2 Å². The van der Waals surface area contributed by atoms with Gasteiger partial charge in [0.25, 0.3) is 11.8 Å². The molecule has 3 amide bonds. The maximum Gasteiger partial charge on any atom is 0.287 e. The number of amides is 3. The standard InChI is InChI=1S/C20H19N3O4S/c24-18(13-16-3-2-12-28-16)23-15-7-5-14(6-8-15)19(25)21-9-10-22-20(26)17-4-1-11-27-17/h1-8,11-12H,9-10,13H2,(H,21,25)(H,22,26)(H,23,24). The van der Waals surface area contributed by atoms with Crippen molar-refractivity contribution in [3.05, 3.63) is 76.4 Å². The van der Waals surface area contributed by atoms with Crippen LogP contribution in [0.4, 0.5) is 5.69 Å². The van der Waals surface area contributed by atoms with E-state index in [-0.39, 0.29) is 36.6 Å². The van der Waals surface area contributed by atoms with Crippen molar-refractivity contribution in [2.75, 3.05) is 18.4 Å². The van der Waals surface area contributed by atoms with Crippen LogP contribution in [0.1, 0.15) is 25.8 Å². The molecule has 0 unspecified atom stereocenters. The maximum absolute atomic E-state index is 12.1. The zero-order chi connectivity index (χ0) is 19.8. The Hall–Kier alpha value is -3.39. The summed E-state index contributed by atoms with van der Waals surface area (Å²) in [7, 11) is 0. The molecule has 8 heteroatoms. The van der Waals surface area contributed by atoms with Gasteiger partial charge < -0.3 is 20.4 Å². The van der Waals surface area contributed by atoms with E-state index in [2.05, 4.69) is 16.0 Å². The number of rotatable bonds is 8. The van der Waals surface area contributed by atoms with E-state index in [1.807, 2.05) is 17.5 Å². The second-order valence-corrected chi connectivity index (χ2v) is 6.90. The number of carbonyl (C=O) groups excluding carboxylic acids is 3. The Morgan fingerprint density at radius 3 is 2.29 bits per heavy atom. The monoisotopic (exact) mass is 397 g/mol. The molecule has 0 atom stereocenters. The van der Waals surface area contributed by atoms with Crippen molar-refractivity contribution in [2.45, 2.75) is 6.42 Å². The third-order valence-electron chi connectivity index (χ3n) is 3.79. The number of hydrogen-bond donors (Lipinski definition) is 3. The molecule has 3 aromatic rings. The summed E-state index contributed by atoms with van der Waals surface area (Å²) in [5, 5.41) is 10.1. The highest BCUT2D eigenvalue weighted by molar-refractivity contribution is 7.10. The Labute approximate surface area is 165 Å². The van der Waals surface area contributed by atoms with Crippen LogP contribution in [0.25, 0.3) is 0 Å². The van der Waals surface area contributed by atoms with Crippen LogP contribution in [0.2, 0.25) is 0 Å². The summed E-state index contributed by atoms with van der Waals surface area (Å²) in [5.74, 6) is -0.472. The van der Waals surface area contributed by atoms with E-state index in [1.165, 1.54) is 17.6 Å². The molecule has 3 rings (SSSR count). The minimum atomic E-state index is -0.332. The van der Waals surface area contributed by atoms with Gasteiger partial charge in [0.05, 0.1) is 12.7 Å². The fourth-order valence-electron chi connectivity index (χ4n) is 2.43. The highest BCUT2D eigenvalue weighted by Gasteiger charge is 2.09. The van der Waals surface area contributed by atoms with Gasteiger partial charge in [-0.1, -0.05) is 6.07 Å². The van der Waals surface area contributed by atoms with Gasteiger partial charge in [-0.15, -0.1) is 11.3 Å². The van der Waals surface area contributed by atoms with Crippen molar-refractivity contribution in [3.63, 3.8) is 0 Å². The van der Waals surface area contributed by atoms with Crippen molar-refractivity contribution in [1.29, 1.82) is 0 Å². The molecule has 0 bridgehead atoms. The van der Waals surface area contributed by atoms with Crippen LogP contribution in [-0.4, -0.2) is 30.8 Å². The topological polar surface area (TPSA) is 100 Å². The first-order valence-corrected chi connectivity index (χ1v) is 9.52. The van der Waals surface area contributed by atoms with Crippen molar-refractivity contribution < 1.29 is 18.8 Å². The van der Waals surface area contributed by atoms with Gasteiger partial charge in [0.2, 0.25) is 5.91 Å². The van der Waals surface area contributed by atoms with Gasteiger partial charge in [-0.05, 0) is 47.8 Å². The summed E-state index contributed by atoms with van der Waals surface area (Å²) < 4.78 is 4.98. The van der Waals surface area contributed by atoms with E-state index in [4.69, 9.17) is 4.42 Å². The molecule has 0 aliphatic carbocycles. The molecule has 0 saturated carbocycles. The number of furan rings is 1. The maximum atomic E-state index is 12.1. The summed E-state index contributed by atoms with van der Waals surface area (Å²) in [6.07, 6.45) is 1.74. The molecule has 0 aliphatic heterocycles. The fraction of sp³-hybridized carbons (Fsp3) is 0.150. The van der Waals surface area contributed by atoms with Gasteiger partial charge in [0.1, 0.15) is 0 Å². The molecule has 0 saturated heterocycles. The van der Waals surface area contributed by atoms with E-state index in [1.54, 1.807) is 36.4 Å². The van der Waals surface area contributed by atoms with E-state index in [0.717, 1.165) is 4.88 Å². The first-order valence-electron chi connectivity index (χ1n) is 8.64. The summed E-state index contributed by atoms with van der Waals surface area (Å²) in [6.45, 7) is 0.562. The Balaban J connectivity index is 1.40. The van der Waals surface area contributed by atoms with Gasteiger partial charge in [-0.25, -0.2) is 0 Å². The molecular formula is C20H19N3O4S. The lowest BCUT2D eigenvalue weighted by Gasteiger charge is -2.08. The molecule has 0 aliphatic rings. The Morgan fingerprint density at radius 1 is 0.893 bits per heavy atom. The second-order valence-electron chi connectivity index (χ2n) is 5.87. The molecule has 1 aromatic carbocycles. The largest absolute Gasteiger partial charge is 0.459 e. The smallest absolute Gasteiger partial charge is 0.287 e. The van der Waals surface area contributed by atoms with Crippen LogP contribution in [0.5, 0.6) is 0 Å². The number of nitrogens with one attached hydrogen (secondary N) is 3. The lowest BCUT2D eigenvalue weighted by molar-refractivity contribution is -0.115. The van der Waals surface area contributed by atoms with Crippen LogP contribution < -0.4 is 16.0 Å². The highest BCUT2D eigenvalue weighted by atomic mass is 32.1. The van der Waals surface area contributed by atoms with Crippen molar-refractivity contribution >= 4 is 34.7 Å². The fourth-order valence-corrected chi connectivity index (χ4v) is 3.13. The number of carbonyl (C=O) groups is 3. The van der Waals surface area contributed by atoms with Crippen molar-refractivity contribution in [1.82, 2.24) is 10.6 Å². The Bertz CT molecular complexity index is 919. The van der Waals surface area contributed by atoms with Crippen LogP contribution >= 0.6 is 11.3 Å². The predicted molar refractivity (Wildman–Crippen MR) is 106 cm³/mol. The zero-order valence-corrected chi connectivity index (χ0v) is 15.8. The first-order chi connectivity index (χ1) is 13.6. The predicted octanol–water partition coefficient (Wildman–Crippen LogP) is 2.68. The van der Waals surface area contributed by atoms with E-state index < -0.39 is 0 Å². The van der Waals surface area contributed by atoms with Crippen LogP contribution in [0, 0.1) is 0 Å². The first kappa shape index (κ1) is 19.4. The zero-order valence-electron chi connectivity index (χ0n) is 14.9. The summed E-state index contributed by atoms with van der Waals surface area (Å²) in [4.78, 5) is 36.8. The summed E-state index contributed by atoms with van der Waals surface area (Å²) >= 11 is 1.53. The second kappa shape index (κ2) is 9.52. The lowest BCUT2D eigenvalue weighted by Crippen LogP contribution is -2.34. The number of anilines is 1. The van der Waals surface area contributed by atoms with E-state index in [0.29, 0.717) is 17.7 Å². The molecule has 28 heavy (non-hydrogen) atoms. The Morgan fingerprint density at radius 2 is 1.64 bits per heavy atom. The minimum Gasteiger partial charge on any atom is -0.459 e. The van der Waals surface area contributed by atoms with E-state index >= 15 is 0 Å². The number of hydrogen-bond acceptors (Lipinski definition) is 5. The van der Waals surface area contributed by atoms with Gasteiger partial charge in [-0.3, -0.25) is 14.4 Å². The van der Waals surface area contributed by atoms with Gasteiger partial charge in [0.15, 0.2) is 5.76 Å². The summed E-state index contributed by atoms with van der Waals surface area (Å²) in [5.41, 5.74) is 1.09. The summed E-state index contributed by atoms with van der Waals surface area (Å²) in [6, 6.07) is 13.6. The molecule has 144 valence electrons. The van der Waals surface area contributed by atoms with Gasteiger partial charge >= 0.3 is 0 Å². The molecule has 2 heterocycles. The normalized spacial score (nSPS) is 10.3. The molecule has 3 N–H and O–H groups in total. The average molecular weight is 397 g/mol. The van der Waals surface area contributed by atoms with Gasteiger partial charge in [-0.2, -0.15) is 0 Å². The minimum absolute atomic E-state index is 0.105. The van der Waals surface area contributed by atoms with Crippen LogP contribution in [0.3, 0.4) is 0 Å². The van der Waals surface area contributed by atoms with Crippen molar-refractivity contribution in [3.8, 4) is 0 Å². The molecule has 0 spiro atoms. The molecule has 0 radical (unpaired) electrons. The number of benzene rings is 1. The lowest BCUT2D eigenvalue weighted by atomic mass is 10.2. The molecular weight excluding hydrogens is 378 g/mol.